The number of aryl methyl sites for hydroxylation is 2. The van der Waals surface area contributed by atoms with E-state index in [1.54, 1.807) is 16.2 Å². The molecule has 5 heteroatoms. The molecule has 0 fully saturated rings. The number of unbranched alkanes of at least 4 members (excludes halogenated alkanes) is 6. The van der Waals surface area contributed by atoms with Gasteiger partial charge in [-0.05, 0) is 73.5 Å². The van der Waals surface area contributed by atoms with E-state index >= 15 is 0 Å². The Bertz CT molecular complexity index is 1070. The number of hydrogen-bond donors (Lipinski definition) is 0. The normalized spacial score (nSPS) is 10.8. The lowest BCUT2D eigenvalue weighted by atomic mass is 10.1. The van der Waals surface area contributed by atoms with Crippen LogP contribution in [0.3, 0.4) is 0 Å². The second kappa shape index (κ2) is 15.5. The number of thiophene rings is 4. The third-order valence-corrected chi connectivity index (χ3v) is 10.2. The fraction of sp³-hybridized carbons (Fsp3) is 0.414. The first-order chi connectivity index (χ1) is 16.7. The Balaban J connectivity index is 0.000000192. The predicted molar refractivity (Wildman–Crippen MR) is 156 cm³/mol. The Morgan fingerprint density at radius 2 is 1.18 bits per heavy atom. The van der Waals surface area contributed by atoms with Gasteiger partial charge in [0, 0.05) is 29.3 Å². The van der Waals surface area contributed by atoms with Crippen LogP contribution in [0.2, 0.25) is 0 Å². The lowest BCUT2D eigenvalue weighted by molar-refractivity contribution is 0.112. The van der Waals surface area contributed by atoms with Crippen molar-refractivity contribution in [3.63, 3.8) is 0 Å². The molecule has 4 aromatic rings. The van der Waals surface area contributed by atoms with E-state index < -0.39 is 0 Å². The first-order valence-electron chi connectivity index (χ1n) is 12.5. The molecule has 0 radical (unpaired) electrons. The summed E-state index contributed by atoms with van der Waals surface area (Å²) in [4.78, 5) is 19.8. The largest absolute Gasteiger partial charge is 0.297 e. The van der Waals surface area contributed by atoms with Crippen molar-refractivity contribution in [2.45, 2.75) is 78.1 Å². The smallest absolute Gasteiger partial charge is 0.160 e. The van der Waals surface area contributed by atoms with Gasteiger partial charge in [0.1, 0.15) is 0 Å². The number of carbonyl (C=O) groups excluding carboxylic acids is 1. The molecule has 4 aromatic heterocycles. The van der Waals surface area contributed by atoms with Crippen molar-refractivity contribution in [1.82, 2.24) is 0 Å². The van der Waals surface area contributed by atoms with Crippen LogP contribution < -0.4 is 0 Å². The monoisotopic (exact) mass is 528 g/mol. The molecule has 34 heavy (non-hydrogen) atoms. The lowest BCUT2D eigenvalue weighted by Crippen LogP contribution is -1.80. The molecule has 0 bridgehead atoms. The number of rotatable bonds is 13. The van der Waals surface area contributed by atoms with Crippen molar-refractivity contribution in [2.75, 3.05) is 0 Å². The van der Waals surface area contributed by atoms with Gasteiger partial charge in [0.25, 0.3) is 0 Å². The van der Waals surface area contributed by atoms with Crippen LogP contribution in [-0.2, 0) is 12.8 Å². The molecule has 0 saturated carbocycles. The van der Waals surface area contributed by atoms with Crippen molar-refractivity contribution in [2.24, 2.45) is 0 Å². The van der Waals surface area contributed by atoms with Crippen LogP contribution in [0, 0.1) is 0 Å². The topological polar surface area (TPSA) is 17.1 Å². The number of hydrogen-bond acceptors (Lipinski definition) is 5. The van der Waals surface area contributed by atoms with Crippen molar-refractivity contribution in [3.8, 4) is 19.5 Å². The second-order valence-corrected chi connectivity index (χ2v) is 12.9. The average Bonchev–Trinajstić information content (AvgIpc) is 3.66. The van der Waals surface area contributed by atoms with Gasteiger partial charge < -0.3 is 0 Å². The Kier molecular flexibility index (Phi) is 12.3. The van der Waals surface area contributed by atoms with E-state index in [-0.39, 0.29) is 0 Å². The minimum Gasteiger partial charge on any atom is -0.297 e. The summed E-state index contributed by atoms with van der Waals surface area (Å²) < 4.78 is 0. The highest BCUT2D eigenvalue weighted by Gasteiger charge is 2.06. The summed E-state index contributed by atoms with van der Waals surface area (Å²) >= 11 is 7.23. The van der Waals surface area contributed by atoms with Gasteiger partial charge in [0.2, 0.25) is 0 Å². The SMILES string of the molecule is CCCCCCc1ccc(-c2ccc(C=O)s2)s1.CCCCCCc1ccc(-c2cccs2)s1. The quantitative estimate of drug-likeness (QED) is 0.125. The molecule has 4 rings (SSSR count). The van der Waals surface area contributed by atoms with Gasteiger partial charge in [-0.3, -0.25) is 4.79 Å². The highest BCUT2D eigenvalue weighted by molar-refractivity contribution is 7.23. The van der Waals surface area contributed by atoms with E-state index in [2.05, 4.69) is 55.6 Å². The molecule has 0 spiro atoms. The fourth-order valence-corrected chi connectivity index (χ4v) is 7.56. The number of aldehydes is 1. The van der Waals surface area contributed by atoms with E-state index in [1.807, 2.05) is 46.1 Å². The third-order valence-electron chi connectivity index (χ3n) is 5.63. The molecule has 0 amide bonds. The molecule has 0 aliphatic carbocycles. The minimum absolute atomic E-state index is 0.808. The molecular formula is C29H36OS4. The third kappa shape index (κ3) is 8.92. The first kappa shape index (κ1) is 27.1. The summed E-state index contributed by atoms with van der Waals surface area (Å²) in [6.07, 6.45) is 14.1. The van der Waals surface area contributed by atoms with Crippen LogP contribution in [0.25, 0.3) is 19.5 Å². The molecule has 0 unspecified atom stereocenters. The zero-order chi connectivity index (χ0) is 24.0. The van der Waals surface area contributed by atoms with E-state index in [4.69, 9.17) is 0 Å². The van der Waals surface area contributed by atoms with E-state index in [0.717, 1.165) is 11.2 Å². The molecule has 0 N–H and O–H groups in total. The molecular weight excluding hydrogens is 493 g/mol. The van der Waals surface area contributed by atoms with Crippen molar-refractivity contribution in [3.05, 3.63) is 68.5 Å². The molecule has 0 aromatic carbocycles. The fourth-order valence-electron chi connectivity index (χ4n) is 3.71. The molecule has 0 atom stereocenters. The maximum absolute atomic E-state index is 10.7. The number of carbonyl (C=O) groups is 1. The Labute approximate surface area is 221 Å². The minimum atomic E-state index is 0.808. The second-order valence-electron chi connectivity index (χ2n) is 8.45. The predicted octanol–water partition coefficient (Wildman–Crippen LogP) is 11.0. The van der Waals surface area contributed by atoms with Crippen LogP contribution >= 0.6 is 45.3 Å². The van der Waals surface area contributed by atoms with Crippen LogP contribution in [0.15, 0.2) is 53.9 Å². The molecule has 1 nitrogen and oxygen atoms in total. The zero-order valence-electron chi connectivity index (χ0n) is 20.4. The summed E-state index contributed by atoms with van der Waals surface area (Å²) in [5, 5.41) is 2.15. The van der Waals surface area contributed by atoms with Gasteiger partial charge in [-0.25, -0.2) is 0 Å². The molecule has 0 saturated heterocycles. The van der Waals surface area contributed by atoms with Gasteiger partial charge in [-0.15, -0.1) is 45.3 Å². The van der Waals surface area contributed by atoms with E-state index in [0.29, 0.717) is 0 Å². The Morgan fingerprint density at radius 3 is 1.68 bits per heavy atom. The van der Waals surface area contributed by atoms with Gasteiger partial charge in [0.15, 0.2) is 6.29 Å². The van der Waals surface area contributed by atoms with E-state index in [9.17, 15) is 4.79 Å². The maximum atomic E-state index is 10.7. The van der Waals surface area contributed by atoms with Crippen LogP contribution in [0.5, 0.6) is 0 Å². The average molecular weight is 529 g/mol. The summed E-state index contributed by atoms with van der Waals surface area (Å²) in [6, 6.07) is 17.2. The van der Waals surface area contributed by atoms with Gasteiger partial charge >= 0.3 is 0 Å². The molecule has 0 aliphatic rings. The first-order valence-corrected chi connectivity index (χ1v) is 15.8. The Hall–Kier alpha value is -1.53. The van der Waals surface area contributed by atoms with Crippen LogP contribution in [0.4, 0.5) is 0 Å². The van der Waals surface area contributed by atoms with Gasteiger partial charge in [-0.1, -0.05) is 58.4 Å². The summed E-state index contributed by atoms with van der Waals surface area (Å²) in [5.41, 5.74) is 0. The van der Waals surface area contributed by atoms with Crippen molar-refractivity contribution < 1.29 is 4.79 Å². The summed E-state index contributed by atoms with van der Waals surface area (Å²) in [5.74, 6) is 0. The van der Waals surface area contributed by atoms with Gasteiger partial charge in [-0.2, -0.15) is 0 Å². The summed E-state index contributed by atoms with van der Waals surface area (Å²) in [7, 11) is 0. The highest BCUT2D eigenvalue weighted by atomic mass is 32.1. The van der Waals surface area contributed by atoms with Crippen molar-refractivity contribution >= 4 is 51.6 Å². The lowest BCUT2D eigenvalue weighted by Gasteiger charge is -1.96. The van der Waals surface area contributed by atoms with Crippen LogP contribution in [-0.4, -0.2) is 6.29 Å². The molecule has 182 valence electrons. The van der Waals surface area contributed by atoms with Crippen molar-refractivity contribution in [1.29, 1.82) is 0 Å². The molecule has 4 heterocycles. The summed E-state index contributed by atoms with van der Waals surface area (Å²) in [6.45, 7) is 4.50. The highest BCUT2D eigenvalue weighted by Crippen LogP contribution is 2.34. The van der Waals surface area contributed by atoms with Crippen LogP contribution in [0.1, 0.15) is 84.6 Å². The molecule has 0 aliphatic heterocycles. The van der Waals surface area contributed by atoms with Gasteiger partial charge in [0.05, 0.1) is 4.88 Å². The maximum Gasteiger partial charge on any atom is 0.160 e. The zero-order valence-corrected chi connectivity index (χ0v) is 23.7. The Morgan fingerprint density at radius 1 is 0.618 bits per heavy atom. The standard InChI is InChI=1S/C15H18OS2.C14H18S2/c1-2-3-4-5-6-12-7-9-14(17-12)15-10-8-13(11-16)18-15;1-2-3-4-5-7-12-9-10-14(16-12)13-8-6-11-15-13/h7-11H,2-6H2,1H3;6,8-11H,2-5,7H2,1H3. The van der Waals surface area contributed by atoms with E-state index in [1.165, 1.54) is 88.6 Å².